The van der Waals surface area contributed by atoms with Crippen molar-refractivity contribution < 1.29 is 0 Å². The van der Waals surface area contributed by atoms with Crippen LogP contribution in [0.3, 0.4) is 0 Å². The van der Waals surface area contributed by atoms with E-state index in [4.69, 9.17) is 11.6 Å². The van der Waals surface area contributed by atoms with Crippen molar-refractivity contribution in [2.75, 3.05) is 0 Å². The summed E-state index contributed by atoms with van der Waals surface area (Å²) in [5, 5.41) is 0. The van der Waals surface area contributed by atoms with Gasteiger partial charge >= 0.3 is 0 Å². The minimum Gasteiger partial charge on any atom is -0.261 e. The molecule has 2 unspecified atom stereocenters. The van der Waals surface area contributed by atoms with E-state index in [-0.39, 0.29) is 0 Å². The van der Waals surface area contributed by atoms with Gasteiger partial charge < -0.3 is 0 Å². The zero-order chi connectivity index (χ0) is 25.0. The molecule has 0 aromatic carbocycles. The van der Waals surface area contributed by atoms with Crippen LogP contribution in [-0.2, 0) is 0 Å². The summed E-state index contributed by atoms with van der Waals surface area (Å²) in [7, 11) is 0. The van der Waals surface area contributed by atoms with Gasteiger partial charge in [-0.2, -0.15) is 0 Å². The van der Waals surface area contributed by atoms with Crippen molar-refractivity contribution in [2.45, 2.75) is 113 Å². The van der Waals surface area contributed by atoms with Gasteiger partial charge in [-0.25, -0.2) is 0 Å². The van der Waals surface area contributed by atoms with Gasteiger partial charge in [0.15, 0.2) is 0 Å². The summed E-state index contributed by atoms with van der Waals surface area (Å²) in [5.41, 5.74) is 7.79. The quantitative estimate of drug-likeness (QED) is 0.311. The standard InChI is InChI=1S/C34H51N/c1-21-13-15-31(5)17-18-33(7)27(29(31)23(21)3)11-12-28-32(6)20-25-22(2)10-9-19-35-30(25)24(4)26(32)14-16-34(28,33)8/h11,19,21-23,26,28-29H,4,9-10,12-18,20H2,1-3,5-8H3/t21-,22?,23+,26+,28-,29?,31-,32+,33-,34-/m1/s1. The first-order valence-corrected chi connectivity index (χ1v) is 15.1. The largest absolute Gasteiger partial charge is 0.261 e. The van der Waals surface area contributed by atoms with Crippen LogP contribution in [0.15, 0.2) is 40.1 Å². The number of nitrogens with zero attached hydrogens (tertiary/aromatic N) is 1. The third-order valence-corrected chi connectivity index (χ3v) is 13.8. The fraction of sp³-hybridized carbons (Fsp3) is 0.794. The first kappa shape index (κ1) is 24.2. The smallest absolute Gasteiger partial charge is 0.0649 e. The van der Waals surface area contributed by atoms with Crippen molar-refractivity contribution in [1.82, 2.24) is 0 Å². The van der Waals surface area contributed by atoms with E-state index in [0.29, 0.717) is 33.5 Å². The molecule has 0 radical (unpaired) electrons. The Labute approximate surface area is 216 Å². The van der Waals surface area contributed by atoms with Crippen LogP contribution in [0.5, 0.6) is 0 Å². The molecule has 3 saturated carbocycles. The maximum atomic E-state index is 5.01. The van der Waals surface area contributed by atoms with Crippen molar-refractivity contribution in [3.05, 3.63) is 35.1 Å². The van der Waals surface area contributed by atoms with Gasteiger partial charge in [0.25, 0.3) is 0 Å². The predicted octanol–water partition coefficient (Wildman–Crippen LogP) is 9.56. The number of fused-ring (bicyclic) bond motifs is 7. The third kappa shape index (κ3) is 3.02. The fourth-order valence-corrected chi connectivity index (χ4v) is 11.1. The van der Waals surface area contributed by atoms with Gasteiger partial charge in [0, 0.05) is 6.21 Å². The van der Waals surface area contributed by atoms with Gasteiger partial charge in [-0.1, -0.05) is 66.7 Å². The highest BCUT2D eigenvalue weighted by atomic mass is 14.8. The lowest BCUT2D eigenvalue weighted by atomic mass is 9.34. The van der Waals surface area contributed by atoms with Crippen LogP contribution in [0.25, 0.3) is 0 Å². The summed E-state index contributed by atoms with van der Waals surface area (Å²) in [4.78, 5) is 5.01. The van der Waals surface area contributed by atoms with E-state index in [2.05, 4.69) is 60.8 Å². The zero-order valence-corrected chi connectivity index (χ0v) is 23.8. The molecule has 1 aliphatic heterocycles. The van der Waals surface area contributed by atoms with Gasteiger partial charge in [0.1, 0.15) is 0 Å². The van der Waals surface area contributed by atoms with Gasteiger partial charge in [0.2, 0.25) is 0 Å². The molecule has 0 aromatic rings. The number of hydrogen-bond acceptors (Lipinski definition) is 1. The summed E-state index contributed by atoms with van der Waals surface area (Å²) in [6, 6.07) is 0. The minimum atomic E-state index is 0.314. The van der Waals surface area contributed by atoms with Gasteiger partial charge in [-0.3, -0.25) is 4.99 Å². The molecule has 5 aliphatic carbocycles. The Morgan fingerprint density at radius 2 is 1.71 bits per heavy atom. The first-order chi connectivity index (χ1) is 16.5. The summed E-state index contributed by atoms with van der Waals surface area (Å²) in [5.74, 6) is 4.45. The van der Waals surface area contributed by atoms with Crippen molar-refractivity contribution in [3.63, 3.8) is 0 Å². The summed E-state index contributed by atoms with van der Waals surface area (Å²) >= 11 is 0. The number of aliphatic imine (C=N–C) groups is 1. The highest BCUT2D eigenvalue weighted by Gasteiger charge is 2.66. The number of hydrogen-bond donors (Lipinski definition) is 0. The molecule has 1 heteroatoms. The van der Waals surface area contributed by atoms with E-state index in [1.54, 1.807) is 5.57 Å². The van der Waals surface area contributed by atoms with Crippen LogP contribution >= 0.6 is 0 Å². The highest BCUT2D eigenvalue weighted by molar-refractivity contribution is 5.63. The molecule has 192 valence electrons. The molecule has 0 saturated heterocycles. The lowest BCUT2D eigenvalue weighted by Crippen LogP contribution is -2.62. The van der Waals surface area contributed by atoms with Gasteiger partial charge in [-0.05, 0) is 133 Å². The van der Waals surface area contributed by atoms with E-state index in [1.807, 2.05) is 5.57 Å². The Kier molecular flexibility index (Phi) is 5.34. The fourth-order valence-electron chi connectivity index (χ4n) is 11.1. The molecule has 1 heterocycles. The topological polar surface area (TPSA) is 12.4 Å². The lowest BCUT2D eigenvalue weighted by molar-refractivity contribution is -0.142. The Hall–Kier alpha value is -1.11. The Morgan fingerprint density at radius 3 is 2.49 bits per heavy atom. The second-order valence-electron chi connectivity index (χ2n) is 15.2. The van der Waals surface area contributed by atoms with Crippen LogP contribution in [0.1, 0.15) is 113 Å². The van der Waals surface area contributed by atoms with Crippen LogP contribution in [0.4, 0.5) is 0 Å². The summed E-state index contributed by atoms with van der Waals surface area (Å²) in [6.45, 7) is 23.1. The van der Waals surface area contributed by atoms with Crippen molar-refractivity contribution in [3.8, 4) is 0 Å². The molecule has 0 N–H and O–H groups in total. The maximum Gasteiger partial charge on any atom is 0.0649 e. The molecule has 35 heavy (non-hydrogen) atoms. The van der Waals surface area contributed by atoms with Crippen molar-refractivity contribution in [1.29, 1.82) is 0 Å². The van der Waals surface area contributed by atoms with E-state index < -0.39 is 0 Å². The minimum absolute atomic E-state index is 0.314. The monoisotopic (exact) mass is 473 g/mol. The average molecular weight is 474 g/mol. The lowest BCUT2D eigenvalue weighted by Gasteiger charge is -2.70. The van der Waals surface area contributed by atoms with Crippen LogP contribution in [-0.4, -0.2) is 6.21 Å². The summed E-state index contributed by atoms with van der Waals surface area (Å²) < 4.78 is 0. The molecule has 10 atom stereocenters. The third-order valence-electron chi connectivity index (χ3n) is 13.8. The Balaban J connectivity index is 1.44. The van der Waals surface area contributed by atoms with Crippen molar-refractivity contribution >= 4 is 6.21 Å². The van der Waals surface area contributed by atoms with Gasteiger partial charge in [0.05, 0.1) is 5.70 Å². The highest BCUT2D eigenvalue weighted by Crippen LogP contribution is 2.75. The number of rotatable bonds is 0. The zero-order valence-electron chi connectivity index (χ0n) is 23.8. The van der Waals surface area contributed by atoms with Crippen molar-refractivity contribution in [2.24, 2.45) is 62.2 Å². The second kappa shape index (κ2) is 7.70. The molecule has 3 fully saturated rings. The summed E-state index contributed by atoms with van der Waals surface area (Å²) in [6.07, 6.45) is 18.3. The predicted molar refractivity (Wildman–Crippen MR) is 149 cm³/mol. The van der Waals surface area contributed by atoms with E-state index in [1.165, 1.54) is 69.1 Å². The average Bonchev–Trinajstić information content (AvgIpc) is 2.99. The molecule has 6 rings (SSSR count). The molecule has 6 aliphatic rings. The van der Waals surface area contributed by atoms with E-state index >= 15 is 0 Å². The second-order valence-corrected chi connectivity index (χ2v) is 15.2. The Morgan fingerprint density at radius 1 is 0.943 bits per heavy atom. The SMILES string of the molecule is C=C1C2=C(C[C@]3(C)[C@H]4CC=C5C6[C@@H](C)[C@H](C)CC[C@]6(C)CC[C@@]5(C)[C@]4(C)CC[C@@H]13)C(C)CCC=N2. The molecule has 0 amide bonds. The maximum absolute atomic E-state index is 5.01. The van der Waals surface area contributed by atoms with Crippen LogP contribution in [0, 0.1) is 57.2 Å². The molecular formula is C34H51N. The molecule has 0 bridgehead atoms. The van der Waals surface area contributed by atoms with Crippen LogP contribution < -0.4 is 0 Å². The van der Waals surface area contributed by atoms with Crippen LogP contribution in [0.2, 0.25) is 0 Å². The van der Waals surface area contributed by atoms with Gasteiger partial charge in [-0.15, -0.1) is 0 Å². The molecular weight excluding hydrogens is 422 g/mol. The van der Waals surface area contributed by atoms with E-state index in [0.717, 1.165) is 30.1 Å². The molecule has 0 aromatic heterocycles. The first-order valence-electron chi connectivity index (χ1n) is 15.1. The number of allylic oxidation sites excluding steroid dienone is 4. The van der Waals surface area contributed by atoms with E-state index in [9.17, 15) is 0 Å². The normalized spacial score (nSPS) is 53.5. The molecule has 1 nitrogen and oxygen atoms in total. The molecule has 0 spiro atoms. The Bertz CT molecular complexity index is 1030.